The van der Waals surface area contributed by atoms with Gasteiger partial charge in [0.25, 0.3) is 0 Å². The molecule has 5 nitrogen and oxygen atoms in total. The summed E-state index contributed by atoms with van der Waals surface area (Å²) in [6.07, 6.45) is 2.13. The van der Waals surface area contributed by atoms with Crippen LogP contribution in [0.1, 0.15) is 49.6 Å². The Morgan fingerprint density at radius 2 is 2.16 bits per heavy atom. The smallest absolute Gasteiger partial charge is 0.132 e. The SMILES string of the molecule is Cc1nn(CC(C)C)c(Cl)c1C1CCCN1c1ccc(CO)c(Br)n1. The van der Waals surface area contributed by atoms with Crippen LogP contribution in [0.3, 0.4) is 0 Å². The normalized spacial score (nSPS) is 17.7. The fraction of sp³-hybridized carbons (Fsp3) is 0.556. The van der Waals surface area contributed by atoms with Crippen molar-refractivity contribution in [1.82, 2.24) is 14.8 Å². The highest BCUT2D eigenvalue weighted by atomic mass is 79.9. The summed E-state index contributed by atoms with van der Waals surface area (Å²) < 4.78 is 2.61. The van der Waals surface area contributed by atoms with E-state index in [0.717, 1.165) is 53.7 Å². The lowest BCUT2D eigenvalue weighted by Crippen LogP contribution is -2.24. The van der Waals surface area contributed by atoms with Crippen LogP contribution in [0.25, 0.3) is 0 Å². The summed E-state index contributed by atoms with van der Waals surface area (Å²) in [5.74, 6) is 1.40. The Labute approximate surface area is 162 Å². The van der Waals surface area contributed by atoms with Gasteiger partial charge in [0.05, 0.1) is 18.3 Å². The van der Waals surface area contributed by atoms with E-state index in [2.05, 4.69) is 44.8 Å². The Hall–Kier alpha value is -1.11. The molecule has 1 saturated heterocycles. The Bertz CT molecular complexity index is 762. The van der Waals surface area contributed by atoms with Gasteiger partial charge < -0.3 is 10.0 Å². The van der Waals surface area contributed by atoms with Gasteiger partial charge >= 0.3 is 0 Å². The van der Waals surface area contributed by atoms with Crippen molar-refractivity contribution >= 4 is 33.3 Å². The molecule has 1 aliphatic rings. The molecule has 3 rings (SSSR count). The quantitative estimate of drug-likeness (QED) is 0.714. The predicted octanol–water partition coefficient (Wildman–Crippen LogP) is 4.49. The molecular weight excluding hydrogens is 404 g/mol. The lowest BCUT2D eigenvalue weighted by atomic mass is 10.1. The molecule has 2 aromatic rings. The molecule has 0 aromatic carbocycles. The fourth-order valence-corrected chi connectivity index (χ4v) is 4.29. The van der Waals surface area contributed by atoms with Gasteiger partial charge in [-0.05, 0) is 47.7 Å². The molecule has 2 aromatic heterocycles. The van der Waals surface area contributed by atoms with Gasteiger partial charge in [0, 0.05) is 24.2 Å². The minimum Gasteiger partial charge on any atom is -0.392 e. The van der Waals surface area contributed by atoms with Crippen molar-refractivity contribution in [3.05, 3.63) is 38.7 Å². The molecule has 0 saturated carbocycles. The first-order chi connectivity index (χ1) is 11.9. The summed E-state index contributed by atoms with van der Waals surface area (Å²) in [5, 5.41) is 14.7. The van der Waals surface area contributed by atoms with Crippen molar-refractivity contribution in [2.45, 2.75) is 52.8 Å². The number of rotatable bonds is 5. The van der Waals surface area contributed by atoms with Crippen LogP contribution in [0.4, 0.5) is 5.82 Å². The van der Waals surface area contributed by atoms with Crippen LogP contribution in [0.5, 0.6) is 0 Å². The highest BCUT2D eigenvalue weighted by molar-refractivity contribution is 9.10. The van der Waals surface area contributed by atoms with Gasteiger partial charge in [-0.2, -0.15) is 5.10 Å². The standard InChI is InChI=1S/C18H24BrClN4O/c1-11(2)9-24-18(20)16(12(3)22-24)14-5-4-8-23(14)15-7-6-13(10-25)17(19)21-15/h6-7,11,14,25H,4-5,8-10H2,1-3H3. The molecule has 1 unspecified atom stereocenters. The Balaban J connectivity index is 1.94. The molecule has 0 radical (unpaired) electrons. The van der Waals surface area contributed by atoms with E-state index in [9.17, 15) is 5.11 Å². The van der Waals surface area contributed by atoms with Crippen molar-refractivity contribution in [3.63, 3.8) is 0 Å². The average molecular weight is 428 g/mol. The lowest BCUT2D eigenvalue weighted by Gasteiger charge is -2.26. The van der Waals surface area contributed by atoms with Gasteiger partial charge in [-0.25, -0.2) is 4.98 Å². The number of hydrogen-bond donors (Lipinski definition) is 1. The van der Waals surface area contributed by atoms with Crippen LogP contribution in [0.15, 0.2) is 16.7 Å². The van der Waals surface area contributed by atoms with Gasteiger partial charge in [-0.3, -0.25) is 4.68 Å². The first kappa shape index (κ1) is 18.7. The number of halogens is 2. The van der Waals surface area contributed by atoms with Gasteiger partial charge in [0.1, 0.15) is 15.6 Å². The van der Waals surface area contributed by atoms with Crippen LogP contribution < -0.4 is 4.90 Å². The van der Waals surface area contributed by atoms with Gasteiger partial charge in [0.15, 0.2) is 0 Å². The molecule has 7 heteroatoms. The summed E-state index contributed by atoms with van der Waals surface area (Å²) in [6, 6.07) is 4.07. The summed E-state index contributed by atoms with van der Waals surface area (Å²) in [6.45, 7) is 8.10. The highest BCUT2D eigenvalue weighted by Gasteiger charge is 2.32. The van der Waals surface area contributed by atoms with Crippen LogP contribution in [-0.4, -0.2) is 26.4 Å². The molecular formula is C18H24BrClN4O. The number of aromatic nitrogens is 3. The fourth-order valence-electron chi connectivity index (χ4n) is 3.49. The van der Waals surface area contributed by atoms with Crippen LogP contribution in [0, 0.1) is 12.8 Å². The first-order valence-electron chi connectivity index (χ1n) is 8.68. The van der Waals surface area contributed by atoms with E-state index in [1.54, 1.807) is 0 Å². The third kappa shape index (κ3) is 3.71. The summed E-state index contributed by atoms with van der Waals surface area (Å²) in [4.78, 5) is 6.92. The van der Waals surface area contributed by atoms with E-state index < -0.39 is 0 Å². The lowest BCUT2D eigenvalue weighted by molar-refractivity contribution is 0.280. The van der Waals surface area contributed by atoms with Crippen molar-refractivity contribution in [1.29, 1.82) is 0 Å². The van der Waals surface area contributed by atoms with Gasteiger partial charge in [-0.1, -0.05) is 31.5 Å². The van der Waals surface area contributed by atoms with E-state index in [-0.39, 0.29) is 12.6 Å². The Morgan fingerprint density at radius 3 is 2.80 bits per heavy atom. The van der Waals surface area contributed by atoms with Crippen molar-refractivity contribution in [2.75, 3.05) is 11.4 Å². The third-order valence-corrected chi connectivity index (χ3v) is 5.69. The molecule has 0 aliphatic carbocycles. The van der Waals surface area contributed by atoms with E-state index in [1.807, 2.05) is 23.7 Å². The number of anilines is 1. The maximum absolute atomic E-state index is 9.34. The zero-order valence-corrected chi connectivity index (χ0v) is 17.2. The van der Waals surface area contributed by atoms with Crippen molar-refractivity contribution < 1.29 is 5.11 Å². The number of aliphatic hydroxyl groups excluding tert-OH is 1. The zero-order chi connectivity index (χ0) is 18.1. The third-order valence-electron chi connectivity index (χ3n) is 4.61. The van der Waals surface area contributed by atoms with Crippen LogP contribution in [-0.2, 0) is 13.2 Å². The first-order valence-corrected chi connectivity index (χ1v) is 9.85. The Kier molecular flexibility index (Phi) is 5.71. The summed E-state index contributed by atoms with van der Waals surface area (Å²) in [5.41, 5.74) is 2.90. The highest BCUT2D eigenvalue weighted by Crippen LogP contribution is 2.40. The molecule has 1 N–H and O–H groups in total. The maximum atomic E-state index is 9.34. The van der Waals surface area contributed by atoms with Crippen LogP contribution >= 0.6 is 27.5 Å². The summed E-state index contributed by atoms with van der Waals surface area (Å²) in [7, 11) is 0. The number of nitrogens with zero attached hydrogens (tertiary/aromatic N) is 4. The second-order valence-corrected chi connectivity index (χ2v) is 8.10. The molecule has 0 spiro atoms. The zero-order valence-electron chi connectivity index (χ0n) is 14.8. The Morgan fingerprint density at radius 1 is 1.40 bits per heavy atom. The van der Waals surface area contributed by atoms with E-state index in [4.69, 9.17) is 11.6 Å². The monoisotopic (exact) mass is 426 g/mol. The minimum atomic E-state index is -0.0236. The van der Waals surface area contributed by atoms with E-state index >= 15 is 0 Å². The second kappa shape index (κ2) is 7.64. The number of aliphatic hydroxyl groups is 1. The minimum absolute atomic E-state index is 0.0236. The topological polar surface area (TPSA) is 54.2 Å². The molecule has 136 valence electrons. The number of aryl methyl sites for hydroxylation is 1. The van der Waals surface area contributed by atoms with E-state index in [0.29, 0.717) is 10.5 Å². The predicted molar refractivity (Wildman–Crippen MR) is 104 cm³/mol. The molecule has 0 amide bonds. The molecule has 0 bridgehead atoms. The molecule has 1 fully saturated rings. The molecule has 3 heterocycles. The largest absolute Gasteiger partial charge is 0.392 e. The second-order valence-electron chi connectivity index (χ2n) is 6.99. The van der Waals surface area contributed by atoms with Gasteiger partial charge in [-0.15, -0.1) is 0 Å². The molecule has 1 aliphatic heterocycles. The van der Waals surface area contributed by atoms with Gasteiger partial charge in [0.2, 0.25) is 0 Å². The van der Waals surface area contributed by atoms with Crippen molar-refractivity contribution in [2.24, 2.45) is 5.92 Å². The summed E-state index contributed by atoms with van der Waals surface area (Å²) >= 11 is 10.1. The number of pyridine rings is 1. The van der Waals surface area contributed by atoms with Crippen LogP contribution in [0.2, 0.25) is 5.15 Å². The number of hydrogen-bond acceptors (Lipinski definition) is 4. The van der Waals surface area contributed by atoms with Crippen molar-refractivity contribution in [3.8, 4) is 0 Å². The average Bonchev–Trinajstić information content (AvgIpc) is 3.12. The molecule has 1 atom stereocenters. The molecule has 25 heavy (non-hydrogen) atoms. The maximum Gasteiger partial charge on any atom is 0.132 e. The van der Waals surface area contributed by atoms with E-state index in [1.165, 1.54) is 0 Å².